The number of benzene rings is 2. The van der Waals surface area contributed by atoms with E-state index < -0.39 is 10.3 Å². The van der Waals surface area contributed by atoms with Crippen LogP contribution in [-0.2, 0) is 10.3 Å². The van der Waals surface area contributed by atoms with Crippen molar-refractivity contribution in [1.82, 2.24) is 0 Å². The van der Waals surface area contributed by atoms with Crippen molar-refractivity contribution >= 4 is 16.0 Å². The van der Waals surface area contributed by atoms with E-state index in [1.165, 1.54) is 6.07 Å². The zero-order valence-electron chi connectivity index (χ0n) is 8.83. The molecule has 2 aromatic carbocycles. The van der Waals surface area contributed by atoms with Gasteiger partial charge in [-0.25, -0.2) is 8.42 Å². The molecule has 0 bridgehead atoms. The lowest BCUT2D eigenvalue weighted by atomic mass is 10.1. The van der Waals surface area contributed by atoms with Crippen LogP contribution in [0.2, 0.25) is 0 Å². The molecule has 0 aliphatic rings. The summed E-state index contributed by atoms with van der Waals surface area (Å²) in [5.41, 5.74) is 2.07. The van der Waals surface area contributed by atoms with Crippen LogP contribution < -0.4 is 4.72 Å². The van der Waals surface area contributed by atoms with E-state index in [2.05, 4.69) is 0 Å². The molecule has 0 aliphatic carbocycles. The molecule has 0 heterocycles. The van der Waals surface area contributed by atoms with E-state index in [1.54, 1.807) is 12.1 Å². The Balaban J connectivity index is 2.36. The highest BCUT2D eigenvalue weighted by Crippen LogP contribution is 2.22. The fourth-order valence-corrected chi connectivity index (χ4v) is 1.95. The number of nitrogens with one attached hydrogen (secondary N) is 1. The second kappa shape index (κ2) is 4.57. The quantitative estimate of drug-likeness (QED) is 0.847. The SMILES string of the molecule is O=S(=O)([O-])Nc1cccc(-c2ccccc2)c1. The molecule has 5 heteroatoms. The largest absolute Gasteiger partial charge is 0.731 e. The molecular weight excluding hydrogens is 238 g/mol. The molecule has 2 aromatic rings. The zero-order chi connectivity index (χ0) is 12.3. The third-order valence-corrected chi connectivity index (χ3v) is 2.70. The molecule has 1 N–H and O–H groups in total. The van der Waals surface area contributed by atoms with E-state index >= 15 is 0 Å². The summed E-state index contributed by atoms with van der Waals surface area (Å²) in [5.74, 6) is 0. The molecule has 0 unspecified atom stereocenters. The predicted octanol–water partition coefficient (Wildman–Crippen LogP) is 2.23. The first kappa shape index (κ1) is 11.6. The molecule has 0 amide bonds. The van der Waals surface area contributed by atoms with Gasteiger partial charge in [0.25, 0.3) is 0 Å². The Morgan fingerprint density at radius 3 is 2.18 bits per heavy atom. The smallest absolute Gasteiger partial charge is 0.181 e. The molecule has 17 heavy (non-hydrogen) atoms. The highest BCUT2D eigenvalue weighted by Gasteiger charge is 2.00. The average Bonchev–Trinajstić information content (AvgIpc) is 2.28. The maximum absolute atomic E-state index is 10.6. The second-order valence-electron chi connectivity index (χ2n) is 3.50. The maximum Gasteiger partial charge on any atom is 0.181 e. The Kier molecular flexibility index (Phi) is 3.12. The molecule has 2 rings (SSSR count). The van der Waals surface area contributed by atoms with Crippen LogP contribution in [0.1, 0.15) is 0 Å². The number of anilines is 1. The van der Waals surface area contributed by atoms with Crippen molar-refractivity contribution in [2.75, 3.05) is 4.72 Å². The lowest BCUT2D eigenvalue weighted by molar-refractivity contribution is 0.469. The molecule has 0 saturated carbocycles. The van der Waals surface area contributed by atoms with Crippen molar-refractivity contribution < 1.29 is 13.0 Å². The normalized spacial score (nSPS) is 11.1. The van der Waals surface area contributed by atoms with Crippen LogP contribution in [0.15, 0.2) is 54.6 Å². The average molecular weight is 248 g/mol. The zero-order valence-corrected chi connectivity index (χ0v) is 9.65. The van der Waals surface area contributed by atoms with Crippen molar-refractivity contribution in [3.8, 4) is 11.1 Å². The van der Waals surface area contributed by atoms with Gasteiger partial charge in [-0.1, -0.05) is 42.5 Å². The Labute approximate surface area is 99.8 Å². The molecule has 0 aromatic heterocycles. The molecule has 0 spiro atoms. The third kappa shape index (κ3) is 3.30. The van der Waals surface area contributed by atoms with Crippen LogP contribution in [0.5, 0.6) is 0 Å². The van der Waals surface area contributed by atoms with Gasteiger partial charge in [-0.3, -0.25) is 4.72 Å². The first-order valence-corrected chi connectivity index (χ1v) is 6.34. The number of hydrogen-bond donors (Lipinski definition) is 1. The minimum absolute atomic E-state index is 0.265. The summed E-state index contributed by atoms with van der Waals surface area (Å²) in [6.45, 7) is 0. The van der Waals surface area contributed by atoms with Gasteiger partial charge >= 0.3 is 0 Å². The van der Waals surface area contributed by atoms with Crippen LogP contribution in [0.4, 0.5) is 5.69 Å². The molecule has 0 saturated heterocycles. The molecule has 0 atom stereocenters. The van der Waals surface area contributed by atoms with E-state index in [9.17, 15) is 13.0 Å². The van der Waals surface area contributed by atoms with Crippen LogP contribution >= 0.6 is 0 Å². The molecule has 0 aliphatic heterocycles. The van der Waals surface area contributed by atoms with Crippen LogP contribution in [0.3, 0.4) is 0 Å². The van der Waals surface area contributed by atoms with Crippen molar-refractivity contribution in [3.05, 3.63) is 54.6 Å². The topological polar surface area (TPSA) is 69.2 Å². The fraction of sp³-hybridized carbons (Fsp3) is 0. The summed E-state index contributed by atoms with van der Waals surface area (Å²) in [5, 5.41) is 0. The van der Waals surface area contributed by atoms with Crippen molar-refractivity contribution in [2.24, 2.45) is 0 Å². The minimum atomic E-state index is -4.48. The Bertz CT molecular complexity index is 609. The molecule has 0 radical (unpaired) electrons. The van der Waals surface area contributed by atoms with E-state index in [1.807, 2.05) is 41.1 Å². The van der Waals surface area contributed by atoms with Crippen molar-refractivity contribution in [1.29, 1.82) is 0 Å². The van der Waals surface area contributed by atoms with Gasteiger partial charge in [0.15, 0.2) is 10.3 Å². The second-order valence-corrected chi connectivity index (χ2v) is 4.62. The first-order valence-electron chi connectivity index (χ1n) is 4.94. The molecule has 0 fully saturated rings. The highest BCUT2D eigenvalue weighted by atomic mass is 32.2. The molecule has 88 valence electrons. The van der Waals surface area contributed by atoms with Gasteiger partial charge in [-0.2, -0.15) is 0 Å². The van der Waals surface area contributed by atoms with E-state index in [0.29, 0.717) is 0 Å². The van der Waals surface area contributed by atoms with Gasteiger partial charge in [0.2, 0.25) is 0 Å². The summed E-state index contributed by atoms with van der Waals surface area (Å²) in [4.78, 5) is 0. The van der Waals surface area contributed by atoms with Crippen LogP contribution in [0.25, 0.3) is 11.1 Å². The standard InChI is InChI=1S/C12H11NO3S/c14-17(15,16)13-12-8-4-7-11(9-12)10-5-2-1-3-6-10/h1-9,13H,(H,14,15,16)/p-1. The summed E-state index contributed by atoms with van der Waals surface area (Å²) in [6.07, 6.45) is 0. The van der Waals surface area contributed by atoms with E-state index in [-0.39, 0.29) is 5.69 Å². The summed E-state index contributed by atoms with van der Waals surface area (Å²) in [6, 6.07) is 16.2. The molecule has 4 nitrogen and oxygen atoms in total. The van der Waals surface area contributed by atoms with Crippen LogP contribution in [-0.4, -0.2) is 13.0 Å². The monoisotopic (exact) mass is 248 g/mol. The number of hydrogen-bond acceptors (Lipinski definition) is 3. The van der Waals surface area contributed by atoms with Crippen molar-refractivity contribution in [3.63, 3.8) is 0 Å². The third-order valence-electron chi connectivity index (χ3n) is 2.21. The fourth-order valence-electron chi connectivity index (χ4n) is 1.54. The summed E-state index contributed by atoms with van der Waals surface area (Å²) < 4.78 is 33.7. The minimum Gasteiger partial charge on any atom is -0.731 e. The van der Waals surface area contributed by atoms with Gasteiger partial charge in [-0.05, 0) is 23.3 Å². The van der Waals surface area contributed by atoms with Crippen molar-refractivity contribution in [2.45, 2.75) is 0 Å². The van der Waals surface area contributed by atoms with Gasteiger partial charge in [0.05, 0.1) is 0 Å². The number of rotatable bonds is 3. The highest BCUT2D eigenvalue weighted by molar-refractivity contribution is 7.87. The Hall–Kier alpha value is -1.85. The lowest BCUT2D eigenvalue weighted by Crippen LogP contribution is -2.10. The van der Waals surface area contributed by atoms with Gasteiger partial charge in [0, 0.05) is 5.69 Å². The van der Waals surface area contributed by atoms with E-state index in [0.717, 1.165) is 11.1 Å². The molecular formula is C12H10NO3S-. The maximum atomic E-state index is 10.6. The van der Waals surface area contributed by atoms with E-state index in [4.69, 9.17) is 0 Å². The Morgan fingerprint density at radius 1 is 0.882 bits per heavy atom. The van der Waals surface area contributed by atoms with Gasteiger partial charge in [0.1, 0.15) is 0 Å². The van der Waals surface area contributed by atoms with Crippen LogP contribution in [0, 0.1) is 0 Å². The predicted molar refractivity (Wildman–Crippen MR) is 65.2 cm³/mol. The first-order chi connectivity index (χ1) is 8.04. The van der Waals surface area contributed by atoms with Gasteiger partial charge < -0.3 is 4.55 Å². The Morgan fingerprint density at radius 2 is 1.53 bits per heavy atom. The lowest BCUT2D eigenvalue weighted by Gasteiger charge is -2.11. The van der Waals surface area contributed by atoms with Gasteiger partial charge in [-0.15, -0.1) is 0 Å². The summed E-state index contributed by atoms with van der Waals surface area (Å²) >= 11 is 0. The summed E-state index contributed by atoms with van der Waals surface area (Å²) in [7, 11) is -4.48.